The van der Waals surface area contributed by atoms with Crippen molar-refractivity contribution in [2.24, 2.45) is 15.7 Å². The number of benzene rings is 2. The van der Waals surface area contributed by atoms with Crippen LogP contribution in [0.2, 0.25) is 0 Å². The monoisotopic (exact) mass is 477 g/mol. The summed E-state index contributed by atoms with van der Waals surface area (Å²) >= 11 is 3.54. The summed E-state index contributed by atoms with van der Waals surface area (Å²) in [5.74, 6) is 1.09. The van der Waals surface area contributed by atoms with E-state index >= 15 is 0 Å². The number of ether oxygens (including phenoxy) is 1. The zero-order valence-corrected chi connectivity index (χ0v) is 19.4. The third kappa shape index (κ3) is 3.90. The number of aliphatic imine (C=N–C) groups is 2. The molecular weight excluding hydrogens is 450 g/mol. The number of hydrogen-bond acceptors (Lipinski definition) is 4. The highest BCUT2D eigenvalue weighted by Gasteiger charge is 2.36. The molecule has 5 rings (SSSR count). The number of fused-ring (bicyclic) bond motifs is 1. The third-order valence-corrected chi connectivity index (χ3v) is 7.46. The van der Waals surface area contributed by atoms with Gasteiger partial charge in [0.15, 0.2) is 0 Å². The molecule has 3 unspecified atom stereocenters. The third-order valence-electron chi connectivity index (χ3n) is 7.03. The molecule has 160 valence electrons. The summed E-state index contributed by atoms with van der Waals surface area (Å²) in [5, 5.41) is 0. The highest BCUT2D eigenvalue weighted by atomic mass is 79.9. The number of nitrogens with zero attached hydrogens (tertiary/aromatic N) is 2. The molecule has 0 amide bonds. The molecule has 0 radical (unpaired) electrons. The van der Waals surface area contributed by atoms with Crippen molar-refractivity contribution in [1.82, 2.24) is 0 Å². The van der Waals surface area contributed by atoms with E-state index < -0.39 is 0 Å². The van der Waals surface area contributed by atoms with Crippen LogP contribution < -0.4 is 5.73 Å². The molecule has 0 saturated heterocycles. The fourth-order valence-corrected chi connectivity index (χ4v) is 5.51. The fraction of sp³-hybridized carbons (Fsp3) is 0.385. The first kappa shape index (κ1) is 20.7. The van der Waals surface area contributed by atoms with Gasteiger partial charge >= 0.3 is 0 Å². The molecule has 3 aliphatic rings. The second-order valence-corrected chi connectivity index (χ2v) is 9.68. The maximum Gasteiger partial charge on any atom is 0.144 e. The number of methoxy groups -OCH3 is 1. The summed E-state index contributed by atoms with van der Waals surface area (Å²) in [6.07, 6.45) is 7.23. The maximum atomic E-state index is 6.56. The number of nitrogens with two attached hydrogens (primary N) is 1. The van der Waals surface area contributed by atoms with Crippen LogP contribution in [0, 0.1) is 0 Å². The van der Waals surface area contributed by atoms with E-state index in [0.717, 1.165) is 41.8 Å². The first-order chi connectivity index (χ1) is 15.1. The van der Waals surface area contributed by atoms with Crippen LogP contribution in [0.15, 0.2) is 76.4 Å². The average molecular weight is 478 g/mol. The second kappa shape index (κ2) is 8.36. The fourth-order valence-electron chi connectivity index (χ4n) is 5.06. The van der Waals surface area contributed by atoms with Gasteiger partial charge < -0.3 is 10.5 Å². The van der Waals surface area contributed by atoms with E-state index in [1.54, 1.807) is 7.11 Å². The van der Waals surface area contributed by atoms with Crippen molar-refractivity contribution >= 4 is 26.3 Å². The molecule has 3 atom stereocenters. The first-order valence-electron chi connectivity index (χ1n) is 11.1. The predicted octanol–water partition coefficient (Wildman–Crippen LogP) is 5.79. The van der Waals surface area contributed by atoms with Crippen LogP contribution in [0.3, 0.4) is 0 Å². The van der Waals surface area contributed by atoms with Crippen molar-refractivity contribution in [3.8, 4) is 0 Å². The van der Waals surface area contributed by atoms with Crippen molar-refractivity contribution in [1.29, 1.82) is 0 Å². The zero-order chi connectivity index (χ0) is 21.4. The van der Waals surface area contributed by atoms with E-state index in [9.17, 15) is 0 Å². The van der Waals surface area contributed by atoms with Crippen molar-refractivity contribution in [2.75, 3.05) is 7.11 Å². The zero-order valence-electron chi connectivity index (χ0n) is 17.8. The molecule has 0 bridgehead atoms. The van der Waals surface area contributed by atoms with Gasteiger partial charge in [-0.15, -0.1) is 0 Å². The molecule has 2 aromatic carbocycles. The lowest BCUT2D eigenvalue weighted by Crippen LogP contribution is -2.43. The molecule has 1 fully saturated rings. The van der Waals surface area contributed by atoms with Crippen LogP contribution in [-0.2, 0) is 10.3 Å². The van der Waals surface area contributed by atoms with Crippen molar-refractivity contribution in [3.05, 3.63) is 83.1 Å². The van der Waals surface area contributed by atoms with E-state index in [-0.39, 0.29) is 23.5 Å². The molecule has 1 aliphatic carbocycles. The lowest BCUT2D eigenvalue weighted by Gasteiger charge is -2.38. The summed E-state index contributed by atoms with van der Waals surface area (Å²) in [4.78, 5) is 10.1. The summed E-state index contributed by atoms with van der Waals surface area (Å²) in [6.45, 7) is 0. The molecule has 5 heteroatoms. The minimum atomic E-state index is -0.145. The first-order valence-corrected chi connectivity index (χ1v) is 11.9. The molecule has 2 aromatic rings. The van der Waals surface area contributed by atoms with Gasteiger partial charge in [0.1, 0.15) is 16.1 Å². The van der Waals surface area contributed by atoms with E-state index in [1.165, 1.54) is 23.1 Å². The molecule has 0 spiro atoms. The molecular formula is C26H28BrN3O. The van der Waals surface area contributed by atoms with Crippen LogP contribution in [0.5, 0.6) is 0 Å². The molecule has 4 nitrogen and oxygen atoms in total. The summed E-state index contributed by atoms with van der Waals surface area (Å²) < 4.78 is 6.52. The molecule has 0 aromatic heterocycles. The van der Waals surface area contributed by atoms with Crippen LogP contribution in [-0.4, -0.2) is 23.5 Å². The lowest BCUT2D eigenvalue weighted by molar-refractivity contribution is 0.253. The number of allylic oxidation sites excluding steroid dienone is 1. The van der Waals surface area contributed by atoms with Crippen LogP contribution in [0.25, 0.3) is 0 Å². The number of dihydropyridines is 1. The Morgan fingerprint density at radius 1 is 0.968 bits per heavy atom. The van der Waals surface area contributed by atoms with Gasteiger partial charge in [-0.1, -0.05) is 54.6 Å². The van der Waals surface area contributed by atoms with Gasteiger partial charge in [-0.3, -0.25) is 9.98 Å². The number of rotatable bonds is 4. The smallest absolute Gasteiger partial charge is 0.144 e. The SMILES string of the molecule is COC1=CC(Br)=NC2CCC(c3ccccc3)C(c3ccc(C4(N)CCC4)cc3)N=C12. The molecule has 1 saturated carbocycles. The van der Waals surface area contributed by atoms with Crippen LogP contribution in [0.1, 0.15) is 60.8 Å². The summed E-state index contributed by atoms with van der Waals surface area (Å²) in [6, 6.07) is 19.6. The Bertz CT molecular complexity index is 1040. The van der Waals surface area contributed by atoms with Crippen LogP contribution >= 0.6 is 15.9 Å². The van der Waals surface area contributed by atoms with Crippen LogP contribution in [0.4, 0.5) is 0 Å². The minimum absolute atomic E-state index is 0.0113. The van der Waals surface area contributed by atoms with Gasteiger partial charge in [-0.05, 0) is 64.7 Å². The molecule has 2 heterocycles. The predicted molar refractivity (Wildman–Crippen MR) is 130 cm³/mol. The van der Waals surface area contributed by atoms with Gasteiger partial charge in [0.05, 0.1) is 19.2 Å². The second-order valence-electron chi connectivity index (χ2n) is 8.87. The lowest BCUT2D eigenvalue weighted by atomic mass is 9.72. The van der Waals surface area contributed by atoms with Crippen molar-refractivity contribution in [3.63, 3.8) is 0 Å². The topological polar surface area (TPSA) is 60.0 Å². The average Bonchev–Trinajstić information content (AvgIpc) is 2.97. The normalized spacial score (nSPS) is 27.1. The van der Waals surface area contributed by atoms with Crippen molar-refractivity contribution < 1.29 is 4.74 Å². The maximum absolute atomic E-state index is 6.56. The van der Waals surface area contributed by atoms with Gasteiger partial charge in [-0.2, -0.15) is 0 Å². The van der Waals surface area contributed by atoms with Gasteiger partial charge in [0.25, 0.3) is 0 Å². The molecule has 2 aliphatic heterocycles. The van der Waals surface area contributed by atoms with Gasteiger partial charge in [0.2, 0.25) is 0 Å². The quantitative estimate of drug-likeness (QED) is 0.605. The highest BCUT2D eigenvalue weighted by molar-refractivity contribution is 9.18. The molecule has 2 N–H and O–H groups in total. The Kier molecular flexibility index (Phi) is 5.57. The summed E-state index contributed by atoms with van der Waals surface area (Å²) in [7, 11) is 1.71. The Balaban J connectivity index is 1.57. The largest absolute Gasteiger partial charge is 0.495 e. The van der Waals surface area contributed by atoms with E-state index in [2.05, 4.69) is 70.5 Å². The Morgan fingerprint density at radius 3 is 2.35 bits per heavy atom. The van der Waals surface area contributed by atoms with Gasteiger partial charge in [0, 0.05) is 17.5 Å². The Hall–Kier alpha value is -2.24. The standard InChI is InChI=1S/C26H28BrN3O/c1-31-22-16-23(27)29-21-13-12-20(17-6-3-2-4-7-17)24(30-25(21)22)18-8-10-19(11-9-18)26(28)14-5-15-26/h2-4,6-11,16,20-21,24H,5,12-15,28H2,1H3. The van der Waals surface area contributed by atoms with E-state index in [1.807, 2.05) is 6.08 Å². The molecule has 31 heavy (non-hydrogen) atoms. The Morgan fingerprint density at radius 2 is 1.71 bits per heavy atom. The Labute approximate surface area is 192 Å². The number of halogens is 1. The van der Waals surface area contributed by atoms with E-state index in [0.29, 0.717) is 0 Å². The van der Waals surface area contributed by atoms with E-state index in [4.69, 9.17) is 20.5 Å². The highest BCUT2D eigenvalue weighted by Crippen LogP contribution is 2.43. The van der Waals surface area contributed by atoms with Gasteiger partial charge in [-0.25, -0.2) is 0 Å². The minimum Gasteiger partial charge on any atom is -0.495 e. The van der Waals surface area contributed by atoms with Crippen molar-refractivity contribution in [2.45, 2.75) is 55.6 Å². The summed E-state index contributed by atoms with van der Waals surface area (Å²) in [5.41, 5.74) is 11.1. The number of hydrogen-bond donors (Lipinski definition) is 1.